The highest BCUT2D eigenvalue weighted by Gasteiger charge is 2.17. The first-order valence-corrected chi connectivity index (χ1v) is 7.36. The fourth-order valence-corrected chi connectivity index (χ4v) is 3.03. The van der Waals surface area contributed by atoms with Crippen molar-refractivity contribution in [1.82, 2.24) is 9.55 Å². The Balaban J connectivity index is 2.03. The molecule has 3 heteroatoms. The molecule has 0 spiro atoms. The van der Waals surface area contributed by atoms with Gasteiger partial charge in [-0.1, -0.05) is 24.3 Å². The van der Waals surface area contributed by atoms with Crippen LogP contribution < -0.4 is 5.73 Å². The molecule has 3 aromatic rings. The van der Waals surface area contributed by atoms with Crippen molar-refractivity contribution in [3.63, 3.8) is 0 Å². The van der Waals surface area contributed by atoms with E-state index in [0.717, 1.165) is 12.1 Å². The van der Waals surface area contributed by atoms with Gasteiger partial charge in [0.15, 0.2) is 0 Å². The number of aromatic nitrogens is 2. The fourth-order valence-electron chi connectivity index (χ4n) is 3.03. The molecule has 2 aromatic heterocycles. The van der Waals surface area contributed by atoms with Crippen molar-refractivity contribution < 1.29 is 0 Å². The Morgan fingerprint density at radius 3 is 2.62 bits per heavy atom. The van der Waals surface area contributed by atoms with Gasteiger partial charge in [0, 0.05) is 48.0 Å². The van der Waals surface area contributed by atoms with Crippen LogP contribution in [-0.2, 0) is 13.5 Å². The number of hydrogen-bond donors (Lipinski definition) is 1. The molecule has 1 atom stereocenters. The van der Waals surface area contributed by atoms with E-state index >= 15 is 0 Å². The minimum atomic E-state index is 0.260. The summed E-state index contributed by atoms with van der Waals surface area (Å²) in [6, 6.07) is 14.6. The molecule has 3 rings (SSSR count). The highest BCUT2D eigenvalue weighted by Crippen LogP contribution is 2.29. The number of pyridine rings is 1. The molecule has 1 aromatic carbocycles. The number of nitrogens with zero attached hydrogens (tertiary/aromatic N) is 2. The van der Waals surface area contributed by atoms with E-state index in [-0.39, 0.29) is 5.92 Å². The average Bonchev–Trinajstić information content (AvgIpc) is 2.78. The number of rotatable bonds is 4. The minimum absolute atomic E-state index is 0.260. The number of para-hydroxylation sites is 1. The van der Waals surface area contributed by atoms with Gasteiger partial charge in [-0.05, 0) is 37.1 Å². The molecular weight excluding hydrogens is 258 g/mol. The second-order valence-corrected chi connectivity index (χ2v) is 5.53. The van der Waals surface area contributed by atoms with Crippen LogP contribution in [0, 0.1) is 6.92 Å². The number of aryl methyl sites for hydroxylation is 1. The molecule has 1 unspecified atom stereocenters. The molecule has 2 N–H and O–H groups in total. The monoisotopic (exact) mass is 279 g/mol. The first-order chi connectivity index (χ1) is 10.2. The summed E-state index contributed by atoms with van der Waals surface area (Å²) in [5.74, 6) is 0.260. The summed E-state index contributed by atoms with van der Waals surface area (Å²) in [6.45, 7) is 2.79. The number of hydrogen-bond acceptors (Lipinski definition) is 2. The van der Waals surface area contributed by atoms with Crippen LogP contribution in [0.5, 0.6) is 0 Å². The molecule has 108 valence electrons. The van der Waals surface area contributed by atoms with Gasteiger partial charge >= 0.3 is 0 Å². The zero-order valence-corrected chi connectivity index (χ0v) is 12.6. The summed E-state index contributed by atoms with van der Waals surface area (Å²) in [6.07, 6.45) is 2.77. The Bertz CT molecular complexity index is 744. The van der Waals surface area contributed by atoms with Gasteiger partial charge in [0.25, 0.3) is 0 Å². The van der Waals surface area contributed by atoms with Crippen LogP contribution >= 0.6 is 0 Å². The first-order valence-electron chi connectivity index (χ1n) is 7.36. The van der Waals surface area contributed by atoms with Crippen LogP contribution in [0.25, 0.3) is 10.9 Å². The number of benzene rings is 1. The number of nitrogens with two attached hydrogens (primary N) is 1. The van der Waals surface area contributed by atoms with Crippen LogP contribution in [-0.4, -0.2) is 16.1 Å². The van der Waals surface area contributed by atoms with E-state index in [0.29, 0.717) is 6.54 Å². The highest BCUT2D eigenvalue weighted by atomic mass is 14.9. The Kier molecular flexibility index (Phi) is 3.76. The summed E-state index contributed by atoms with van der Waals surface area (Å²) < 4.78 is 2.26. The molecule has 0 saturated carbocycles. The quantitative estimate of drug-likeness (QED) is 0.797. The molecule has 0 aliphatic carbocycles. The maximum Gasteiger partial charge on any atom is 0.0482 e. The summed E-state index contributed by atoms with van der Waals surface area (Å²) >= 11 is 0. The molecule has 2 heterocycles. The van der Waals surface area contributed by atoms with Gasteiger partial charge in [-0.25, -0.2) is 0 Å². The van der Waals surface area contributed by atoms with Crippen molar-refractivity contribution >= 4 is 10.9 Å². The maximum atomic E-state index is 6.01. The Hall–Kier alpha value is -2.13. The van der Waals surface area contributed by atoms with Crippen LogP contribution in [0.2, 0.25) is 0 Å². The molecule has 0 amide bonds. The van der Waals surface area contributed by atoms with Crippen molar-refractivity contribution in [2.45, 2.75) is 19.3 Å². The average molecular weight is 279 g/mol. The number of fused-ring (bicyclic) bond motifs is 1. The summed E-state index contributed by atoms with van der Waals surface area (Å²) in [5.41, 5.74) is 11.1. The SMILES string of the molecule is Cc1c(CC(CN)c2ccccn2)c2ccccc2n1C. The fraction of sp³-hybridized carbons (Fsp3) is 0.278. The predicted octanol–water partition coefficient (Wildman–Crippen LogP) is 3.17. The Morgan fingerprint density at radius 1 is 1.14 bits per heavy atom. The maximum absolute atomic E-state index is 6.01. The van der Waals surface area contributed by atoms with Gasteiger partial charge in [0.1, 0.15) is 0 Å². The lowest BCUT2D eigenvalue weighted by Crippen LogP contribution is -2.16. The van der Waals surface area contributed by atoms with E-state index in [4.69, 9.17) is 5.73 Å². The molecule has 0 aliphatic rings. The Morgan fingerprint density at radius 2 is 1.90 bits per heavy atom. The van der Waals surface area contributed by atoms with Crippen LogP contribution in [0.4, 0.5) is 0 Å². The smallest absolute Gasteiger partial charge is 0.0482 e. The van der Waals surface area contributed by atoms with E-state index in [1.165, 1.54) is 22.2 Å². The van der Waals surface area contributed by atoms with E-state index in [9.17, 15) is 0 Å². The normalized spacial score (nSPS) is 12.7. The highest BCUT2D eigenvalue weighted by molar-refractivity contribution is 5.85. The summed E-state index contributed by atoms with van der Waals surface area (Å²) in [4.78, 5) is 4.48. The second kappa shape index (κ2) is 5.70. The van der Waals surface area contributed by atoms with Crippen molar-refractivity contribution in [2.24, 2.45) is 12.8 Å². The molecule has 0 radical (unpaired) electrons. The Labute approximate surface area is 125 Å². The molecular formula is C18H21N3. The van der Waals surface area contributed by atoms with E-state index in [1.54, 1.807) is 0 Å². The first kappa shape index (κ1) is 13.8. The zero-order chi connectivity index (χ0) is 14.8. The third-order valence-corrected chi connectivity index (χ3v) is 4.37. The summed E-state index contributed by atoms with van der Waals surface area (Å²) in [5, 5.41) is 1.33. The van der Waals surface area contributed by atoms with Gasteiger partial charge in [-0.15, -0.1) is 0 Å². The van der Waals surface area contributed by atoms with Gasteiger partial charge in [-0.3, -0.25) is 4.98 Å². The van der Waals surface area contributed by atoms with Gasteiger partial charge in [-0.2, -0.15) is 0 Å². The lowest BCUT2D eigenvalue weighted by atomic mass is 9.94. The van der Waals surface area contributed by atoms with Crippen molar-refractivity contribution in [3.05, 3.63) is 65.6 Å². The van der Waals surface area contributed by atoms with Crippen molar-refractivity contribution in [1.29, 1.82) is 0 Å². The van der Waals surface area contributed by atoms with E-state index < -0.39 is 0 Å². The zero-order valence-electron chi connectivity index (χ0n) is 12.6. The molecule has 0 bridgehead atoms. The van der Waals surface area contributed by atoms with Gasteiger partial charge < -0.3 is 10.3 Å². The lowest BCUT2D eigenvalue weighted by Gasteiger charge is -2.14. The predicted molar refractivity (Wildman–Crippen MR) is 87.4 cm³/mol. The lowest BCUT2D eigenvalue weighted by molar-refractivity contribution is 0.670. The second-order valence-electron chi connectivity index (χ2n) is 5.53. The molecule has 0 saturated heterocycles. The third kappa shape index (κ3) is 2.45. The van der Waals surface area contributed by atoms with Gasteiger partial charge in [0.2, 0.25) is 0 Å². The van der Waals surface area contributed by atoms with Crippen LogP contribution in [0.15, 0.2) is 48.7 Å². The van der Waals surface area contributed by atoms with E-state index in [2.05, 4.69) is 53.9 Å². The summed E-state index contributed by atoms with van der Waals surface area (Å²) in [7, 11) is 2.12. The van der Waals surface area contributed by atoms with Crippen LogP contribution in [0.1, 0.15) is 22.9 Å². The molecule has 21 heavy (non-hydrogen) atoms. The van der Waals surface area contributed by atoms with Crippen LogP contribution in [0.3, 0.4) is 0 Å². The third-order valence-electron chi connectivity index (χ3n) is 4.37. The van der Waals surface area contributed by atoms with Crippen molar-refractivity contribution in [2.75, 3.05) is 6.54 Å². The molecule has 3 nitrogen and oxygen atoms in total. The largest absolute Gasteiger partial charge is 0.348 e. The standard InChI is InChI=1S/C18H21N3/c1-13-16(15-7-3-4-9-18(15)21(13)2)11-14(12-19)17-8-5-6-10-20-17/h3-10,14H,11-12,19H2,1-2H3. The topological polar surface area (TPSA) is 43.8 Å². The van der Waals surface area contributed by atoms with Gasteiger partial charge in [0.05, 0.1) is 0 Å². The molecule has 0 fully saturated rings. The molecule has 0 aliphatic heterocycles. The van der Waals surface area contributed by atoms with Crippen molar-refractivity contribution in [3.8, 4) is 0 Å². The minimum Gasteiger partial charge on any atom is -0.348 e. The van der Waals surface area contributed by atoms with E-state index in [1.807, 2.05) is 18.3 Å².